The van der Waals surface area contributed by atoms with E-state index in [1.54, 1.807) is 6.07 Å². The Balaban J connectivity index is 1.49. The van der Waals surface area contributed by atoms with Crippen molar-refractivity contribution in [2.75, 3.05) is 25.5 Å². The first-order valence-corrected chi connectivity index (χ1v) is 12.1. The molecule has 0 saturated carbocycles. The number of hydrogen-bond acceptors (Lipinski definition) is 4. The summed E-state index contributed by atoms with van der Waals surface area (Å²) in [6.07, 6.45) is 6.85. The highest BCUT2D eigenvalue weighted by Gasteiger charge is 2.27. The number of rotatable bonds is 7. The lowest BCUT2D eigenvalue weighted by Gasteiger charge is -2.26. The van der Waals surface area contributed by atoms with Gasteiger partial charge in [-0.1, -0.05) is 18.6 Å². The van der Waals surface area contributed by atoms with Crippen molar-refractivity contribution in [3.63, 3.8) is 0 Å². The second kappa shape index (κ2) is 9.58. The maximum absolute atomic E-state index is 13.0. The Morgan fingerprint density at radius 3 is 2.34 bits per heavy atom. The molecule has 0 spiro atoms. The molecule has 0 aliphatic carbocycles. The molecule has 1 aliphatic rings. The monoisotopic (exact) mass is 453 g/mol. The number of amides is 1. The summed E-state index contributed by atoms with van der Waals surface area (Å²) in [6.45, 7) is 1.05. The van der Waals surface area contributed by atoms with Crippen molar-refractivity contribution in [3.8, 4) is 11.4 Å². The Bertz CT molecular complexity index is 1170. The average Bonchev–Trinajstić information content (AvgIpc) is 3.35. The van der Waals surface area contributed by atoms with Crippen LogP contribution in [-0.4, -0.2) is 43.4 Å². The van der Waals surface area contributed by atoms with E-state index in [9.17, 15) is 13.2 Å². The smallest absolute Gasteiger partial charge is 0.243 e. The van der Waals surface area contributed by atoms with E-state index >= 15 is 0 Å². The Morgan fingerprint density at radius 2 is 1.69 bits per heavy atom. The number of aromatic nitrogens is 1. The van der Waals surface area contributed by atoms with Gasteiger partial charge in [0.15, 0.2) is 0 Å². The number of methoxy groups -OCH3 is 1. The minimum absolute atomic E-state index is 0.159. The number of carbonyl (C=O) groups excluding carboxylic acids is 1. The molecule has 2 heterocycles. The van der Waals surface area contributed by atoms with Gasteiger partial charge in [-0.05, 0) is 60.9 Å². The summed E-state index contributed by atoms with van der Waals surface area (Å²) in [6, 6.07) is 16.2. The topological polar surface area (TPSA) is 80.6 Å². The summed E-state index contributed by atoms with van der Waals surface area (Å²) in [5.41, 5.74) is 2.21. The average molecular weight is 454 g/mol. The number of anilines is 1. The van der Waals surface area contributed by atoms with Gasteiger partial charge in [0.05, 0.1) is 24.1 Å². The molecule has 32 heavy (non-hydrogen) atoms. The van der Waals surface area contributed by atoms with E-state index in [4.69, 9.17) is 4.74 Å². The van der Waals surface area contributed by atoms with Gasteiger partial charge in [-0.25, -0.2) is 8.42 Å². The van der Waals surface area contributed by atoms with Gasteiger partial charge in [0.25, 0.3) is 0 Å². The van der Waals surface area contributed by atoms with Crippen LogP contribution in [0.25, 0.3) is 5.69 Å². The highest BCUT2D eigenvalue weighted by molar-refractivity contribution is 7.89. The molecule has 1 aromatic heterocycles. The minimum Gasteiger partial charge on any atom is -0.495 e. The lowest BCUT2D eigenvalue weighted by Crippen LogP contribution is -2.35. The summed E-state index contributed by atoms with van der Waals surface area (Å²) in [5.74, 6) is 0.170. The Morgan fingerprint density at radius 1 is 1.00 bits per heavy atom. The van der Waals surface area contributed by atoms with E-state index in [1.165, 1.54) is 23.5 Å². The van der Waals surface area contributed by atoms with Crippen molar-refractivity contribution >= 4 is 21.6 Å². The maximum atomic E-state index is 13.0. The molecule has 1 fully saturated rings. The molecule has 1 saturated heterocycles. The highest BCUT2D eigenvalue weighted by atomic mass is 32.2. The van der Waals surface area contributed by atoms with Gasteiger partial charge in [0, 0.05) is 31.2 Å². The fourth-order valence-electron chi connectivity index (χ4n) is 3.87. The van der Waals surface area contributed by atoms with Crippen LogP contribution >= 0.6 is 0 Å². The van der Waals surface area contributed by atoms with Crippen LogP contribution in [0.1, 0.15) is 24.8 Å². The van der Waals surface area contributed by atoms with E-state index in [1.807, 2.05) is 53.4 Å². The predicted octanol–water partition coefficient (Wildman–Crippen LogP) is 3.84. The molecule has 8 heteroatoms. The summed E-state index contributed by atoms with van der Waals surface area (Å²) in [5, 5.41) is 2.82. The fourth-order valence-corrected chi connectivity index (χ4v) is 5.42. The molecule has 7 nitrogen and oxygen atoms in total. The van der Waals surface area contributed by atoms with Crippen LogP contribution in [0.15, 0.2) is 71.9 Å². The summed E-state index contributed by atoms with van der Waals surface area (Å²) in [4.78, 5) is 12.9. The van der Waals surface area contributed by atoms with Gasteiger partial charge in [-0.3, -0.25) is 4.79 Å². The second-order valence-electron chi connectivity index (χ2n) is 7.81. The molecule has 0 bridgehead atoms. The Kier molecular flexibility index (Phi) is 6.62. The lowest BCUT2D eigenvalue weighted by molar-refractivity contribution is -0.115. The highest BCUT2D eigenvalue weighted by Crippen LogP contribution is 2.30. The van der Waals surface area contributed by atoms with Crippen molar-refractivity contribution in [3.05, 3.63) is 72.6 Å². The molecule has 4 rings (SSSR count). The number of benzene rings is 2. The van der Waals surface area contributed by atoms with Crippen molar-refractivity contribution in [1.29, 1.82) is 0 Å². The number of nitrogens with zero attached hydrogens (tertiary/aromatic N) is 2. The molecular weight excluding hydrogens is 426 g/mol. The molecule has 2 aromatic carbocycles. The zero-order valence-electron chi connectivity index (χ0n) is 18.0. The normalized spacial score (nSPS) is 14.8. The summed E-state index contributed by atoms with van der Waals surface area (Å²) < 4.78 is 34.9. The van der Waals surface area contributed by atoms with Crippen LogP contribution in [0, 0.1) is 0 Å². The van der Waals surface area contributed by atoms with E-state index in [0.717, 1.165) is 30.5 Å². The van der Waals surface area contributed by atoms with Crippen LogP contribution in [-0.2, 0) is 21.2 Å². The molecule has 168 valence electrons. The summed E-state index contributed by atoms with van der Waals surface area (Å²) >= 11 is 0. The number of ether oxygens (including phenoxy) is 1. The largest absolute Gasteiger partial charge is 0.495 e. The first-order chi connectivity index (χ1) is 15.5. The van der Waals surface area contributed by atoms with Gasteiger partial charge in [0.1, 0.15) is 5.75 Å². The molecule has 0 atom stereocenters. The standard InChI is InChI=1S/C24H27N3O4S/c1-31-23-12-11-21(32(29,30)27-15-3-2-4-16-27)18-22(23)25-24(28)17-19-7-9-20(10-8-19)26-13-5-6-14-26/h5-14,18H,2-4,15-17H2,1H3,(H,25,28). The number of sulfonamides is 1. The molecule has 1 amide bonds. The van der Waals surface area contributed by atoms with E-state index in [-0.39, 0.29) is 17.2 Å². The molecule has 0 radical (unpaired) electrons. The van der Waals surface area contributed by atoms with Crippen LogP contribution < -0.4 is 10.1 Å². The first kappa shape index (κ1) is 22.1. The van der Waals surface area contributed by atoms with Gasteiger partial charge < -0.3 is 14.6 Å². The van der Waals surface area contributed by atoms with Gasteiger partial charge in [-0.15, -0.1) is 0 Å². The summed E-state index contributed by atoms with van der Waals surface area (Å²) in [7, 11) is -2.12. The van der Waals surface area contributed by atoms with Crippen molar-refractivity contribution < 1.29 is 17.9 Å². The Hall–Kier alpha value is -3.10. The SMILES string of the molecule is COc1ccc(S(=O)(=O)N2CCCCC2)cc1NC(=O)Cc1ccc(-n2cccc2)cc1. The van der Waals surface area contributed by atoms with Gasteiger partial charge in [-0.2, -0.15) is 4.31 Å². The van der Waals surface area contributed by atoms with Crippen molar-refractivity contribution in [2.45, 2.75) is 30.6 Å². The van der Waals surface area contributed by atoms with Crippen LogP contribution in [0.4, 0.5) is 5.69 Å². The van der Waals surface area contributed by atoms with Crippen molar-refractivity contribution in [2.24, 2.45) is 0 Å². The lowest BCUT2D eigenvalue weighted by atomic mass is 10.1. The zero-order chi connectivity index (χ0) is 22.6. The third-order valence-electron chi connectivity index (χ3n) is 5.60. The number of hydrogen-bond donors (Lipinski definition) is 1. The molecule has 0 unspecified atom stereocenters. The molecule has 1 N–H and O–H groups in total. The predicted molar refractivity (Wildman–Crippen MR) is 124 cm³/mol. The second-order valence-corrected chi connectivity index (χ2v) is 9.75. The maximum Gasteiger partial charge on any atom is 0.243 e. The quantitative estimate of drug-likeness (QED) is 0.589. The van der Waals surface area contributed by atoms with E-state index in [2.05, 4.69) is 5.32 Å². The molecular formula is C24H27N3O4S. The third-order valence-corrected chi connectivity index (χ3v) is 7.50. The zero-order valence-corrected chi connectivity index (χ0v) is 18.8. The van der Waals surface area contributed by atoms with E-state index in [0.29, 0.717) is 24.5 Å². The van der Waals surface area contributed by atoms with Gasteiger partial charge in [0.2, 0.25) is 15.9 Å². The van der Waals surface area contributed by atoms with E-state index < -0.39 is 10.0 Å². The fraction of sp³-hybridized carbons (Fsp3) is 0.292. The van der Waals surface area contributed by atoms with Crippen LogP contribution in [0.2, 0.25) is 0 Å². The minimum atomic E-state index is -3.61. The first-order valence-electron chi connectivity index (χ1n) is 10.7. The Labute approximate surface area is 188 Å². The number of carbonyl (C=O) groups is 1. The molecule has 1 aliphatic heterocycles. The number of piperidine rings is 1. The van der Waals surface area contributed by atoms with Crippen LogP contribution in [0.3, 0.4) is 0 Å². The van der Waals surface area contributed by atoms with Crippen molar-refractivity contribution in [1.82, 2.24) is 8.87 Å². The van der Waals surface area contributed by atoms with Crippen LogP contribution in [0.5, 0.6) is 5.75 Å². The third kappa shape index (κ3) is 4.87. The number of nitrogens with one attached hydrogen (secondary N) is 1. The molecule has 3 aromatic rings. The van der Waals surface area contributed by atoms with Gasteiger partial charge >= 0.3 is 0 Å².